The summed E-state index contributed by atoms with van der Waals surface area (Å²) < 4.78 is 0. The van der Waals surface area contributed by atoms with Crippen molar-refractivity contribution in [2.45, 2.75) is 6.42 Å². The minimum absolute atomic E-state index is 0.0678. The van der Waals surface area contributed by atoms with Gasteiger partial charge in [-0.25, -0.2) is 0 Å². The number of fused-ring (bicyclic) bond motifs is 1. The van der Waals surface area contributed by atoms with Gasteiger partial charge in [-0.15, -0.1) is 0 Å². The monoisotopic (exact) mass is 267 g/mol. The molecule has 0 aliphatic carbocycles. The predicted molar refractivity (Wildman–Crippen MR) is 82.8 cm³/mol. The van der Waals surface area contributed by atoms with E-state index >= 15 is 0 Å². The van der Waals surface area contributed by atoms with E-state index in [0.29, 0.717) is 6.42 Å². The number of anilines is 4. The van der Waals surface area contributed by atoms with E-state index in [-0.39, 0.29) is 5.91 Å². The Hall–Kier alpha value is -2.49. The van der Waals surface area contributed by atoms with Crippen LogP contribution in [-0.4, -0.2) is 20.0 Å². The maximum absolute atomic E-state index is 11.4. The first-order chi connectivity index (χ1) is 9.67. The van der Waals surface area contributed by atoms with Crippen LogP contribution in [-0.2, 0) is 11.2 Å². The first-order valence-corrected chi connectivity index (χ1v) is 6.62. The van der Waals surface area contributed by atoms with Crippen molar-refractivity contribution in [2.75, 3.05) is 29.6 Å². The van der Waals surface area contributed by atoms with Crippen molar-refractivity contribution in [3.05, 3.63) is 48.0 Å². The lowest BCUT2D eigenvalue weighted by Gasteiger charge is -2.20. The third-order valence-electron chi connectivity index (χ3n) is 3.64. The lowest BCUT2D eigenvalue weighted by Crippen LogP contribution is -2.09. The molecule has 3 rings (SSSR count). The van der Waals surface area contributed by atoms with E-state index < -0.39 is 0 Å². The highest BCUT2D eigenvalue weighted by Gasteiger charge is 2.18. The highest BCUT2D eigenvalue weighted by atomic mass is 16.1. The molecule has 1 aliphatic heterocycles. The van der Waals surface area contributed by atoms with E-state index in [9.17, 15) is 4.79 Å². The smallest absolute Gasteiger partial charge is 0.228 e. The van der Waals surface area contributed by atoms with E-state index in [1.807, 2.05) is 38.4 Å². The largest absolute Gasteiger partial charge is 0.388 e. The number of nitrogens with one attached hydrogen (secondary N) is 2. The van der Waals surface area contributed by atoms with Crippen molar-refractivity contribution >= 4 is 28.7 Å². The van der Waals surface area contributed by atoms with Crippen LogP contribution in [0.15, 0.2) is 42.5 Å². The molecule has 4 nitrogen and oxygen atoms in total. The fourth-order valence-corrected chi connectivity index (χ4v) is 2.43. The lowest BCUT2D eigenvalue weighted by atomic mass is 10.1. The molecule has 0 bridgehead atoms. The lowest BCUT2D eigenvalue weighted by molar-refractivity contribution is -0.115. The first-order valence-electron chi connectivity index (χ1n) is 6.62. The molecule has 0 saturated carbocycles. The Bertz CT molecular complexity index is 649. The summed E-state index contributed by atoms with van der Waals surface area (Å²) in [5.41, 5.74) is 5.27. The number of benzene rings is 2. The topological polar surface area (TPSA) is 44.4 Å². The second-order valence-corrected chi connectivity index (χ2v) is 4.92. The number of nitrogens with zero attached hydrogens (tertiary/aromatic N) is 1. The Balaban J connectivity index is 1.88. The number of carbonyl (C=O) groups is 1. The van der Waals surface area contributed by atoms with E-state index in [1.54, 1.807) is 0 Å². The van der Waals surface area contributed by atoms with Crippen LogP contribution in [0.25, 0.3) is 0 Å². The molecule has 0 saturated heterocycles. The third-order valence-corrected chi connectivity index (χ3v) is 3.64. The molecule has 2 N–H and O–H groups in total. The molecule has 102 valence electrons. The highest BCUT2D eigenvalue weighted by Crippen LogP contribution is 2.31. The zero-order chi connectivity index (χ0) is 14.1. The zero-order valence-corrected chi connectivity index (χ0v) is 11.6. The summed E-state index contributed by atoms with van der Waals surface area (Å²) in [7, 11) is 3.93. The summed E-state index contributed by atoms with van der Waals surface area (Å²) >= 11 is 0. The molecule has 4 heteroatoms. The van der Waals surface area contributed by atoms with Crippen molar-refractivity contribution < 1.29 is 4.79 Å². The molecule has 0 radical (unpaired) electrons. The minimum Gasteiger partial charge on any atom is -0.388 e. The van der Waals surface area contributed by atoms with Crippen molar-refractivity contribution in [1.29, 1.82) is 0 Å². The first kappa shape index (κ1) is 12.5. The van der Waals surface area contributed by atoms with Crippen LogP contribution in [0.1, 0.15) is 5.56 Å². The fraction of sp³-hybridized carbons (Fsp3) is 0.188. The SMILES string of the molecule is CNc1ccc(N(C)c2ccc3c(c2)CC(=O)N3)cc1. The average molecular weight is 267 g/mol. The summed E-state index contributed by atoms with van der Waals surface area (Å²) in [5, 5.41) is 5.96. The summed E-state index contributed by atoms with van der Waals surface area (Å²) in [5.74, 6) is 0.0678. The maximum atomic E-state index is 11.4. The van der Waals surface area contributed by atoms with Crippen LogP contribution < -0.4 is 15.5 Å². The molecule has 0 fully saturated rings. The van der Waals surface area contributed by atoms with Gasteiger partial charge in [0.15, 0.2) is 0 Å². The van der Waals surface area contributed by atoms with E-state index in [2.05, 4.69) is 33.7 Å². The second-order valence-electron chi connectivity index (χ2n) is 4.92. The predicted octanol–water partition coefficient (Wildman–Crippen LogP) is 2.99. The standard InChI is InChI=1S/C16H17N3O/c1-17-12-3-5-13(6-4-12)19(2)14-7-8-15-11(9-14)10-16(20)18-15/h3-9,17H,10H2,1-2H3,(H,18,20). The third kappa shape index (κ3) is 2.20. The number of hydrogen-bond acceptors (Lipinski definition) is 3. The van der Waals surface area contributed by atoms with Crippen LogP contribution in [0.5, 0.6) is 0 Å². The normalized spacial score (nSPS) is 12.8. The van der Waals surface area contributed by atoms with Crippen LogP contribution in [0.2, 0.25) is 0 Å². The molecule has 0 aromatic heterocycles. The van der Waals surface area contributed by atoms with Gasteiger partial charge in [0, 0.05) is 36.8 Å². The van der Waals surface area contributed by atoms with Gasteiger partial charge in [0.1, 0.15) is 0 Å². The van der Waals surface area contributed by atoms with Gasteiger partial charge in [0.25, 0.3) is 0 Å². The van der Waals surface area contributed by atoms with Gasteiger partial charge >= 0.3 is 0 Å². The minimum atomic E-state index is 0.0678. The van der Waals surface area contributed by atoms with Crippen LogP contribution in [0, 0.1) is 0 Å². The molecule has 1 heterocycles. The number of rotatable bonds is 3. The van der Waals surface area contributed by atoms with Crippen LogP contribution in [0.3, 0.4) is 0 Å². The molecule has 2 aromatic carbocycles. The van der Waals surface area contributed by atoms with Gasteiger partial charge < -0.3 is 15.5 Å². The second kappa shape index (κ2) is 4.89. The number of amides is 1. The number of carbonyl (C=O) groups excluding carboxylic acids is 1. The Morgan fingerprint density at radius 3 is 2.50 bits per heavy atom. The molecule has 0 atom stereocenters. The van der Waals surface area contributed by atoms with E-state index in [4.69, 9.17) is 0 Å². The van der Waals surface area contributed by atoms with Crippen molar-refractivity contribution in [1.82, 2.24) is 0 Å². The molecular formula is C16H17N3O. The molecular weight excluding hydrogens is 250 g/mol. The Morgan fingerprint density at radius 1 is 1.10 bits per heavy atom. The van der Waals surface area contributed by atoms with Crippen LogP contribution in [0.4, 0.5) is 22.7 Å². The Labute approximate surface area is 118 Å². The van der Waals surface area contributed by atoms with Gasteiger partial charge in [-0.05, 0) is 48.0 Å². The fourth-order valence-electron chi connectivity index (χ4n) is 2.43. The molecule has 20 heavy (non-hydrogen) atoms. The van der Waals surface area contributed by atoms with E-state index in [0.717, 1.165) is 28.3 Å². The van der Waals surface area contributed by atoms with Crippen LogP contribution >= 0.6 is 0 Å². The molecule has 1 aliphatic rings. The van der Waals surface area contributed by atoms with Crippen molar-refractivity contribution in [3.63, 3.8) is 0 Å². The summed E-state index contributed by atoms with van der Waals surface area (Å²) in [6.07, 6.45) is 0.468. The Morgan fingerprint density at radius 2 is 1.80 bits per heavy atom. The zero-order valence-electron chi connectivity index (χ0n) is 11.6. The molecule has 0 unspecified atom stereocenters. The molecule has 1 amide bonds. The highest BCUT2D eigenvalue weighted by molar-refractivity contribution is 5.99. The summed E-state index contributed by atoms with van der Waals surface area (Å²) in [6.45, 7) is 0. The summed E-state index contributed by atoms with van der Waals surface area (Å²) in [4.78, 5) is 13.5. The summed E-state index contributed by atoms with van der Waals surface area (Å²) in [6, 6.07) is 14.3. The van der Waals surface area contributed by atoms with Gasteiger partial charge in [-0.2, -0.15) is 0 Å². The quantitative estimate of drug-likeness (QED) is 0.898. The molecule has 0 spiro atoms. The Kier molecular flexibility index (Phi) is 3.06. The van der Waals surface area contributed by atoms with Gasteiger partial charge in [0.2, 0.25) is 5.91 Å². The molecule has 2 aromatic rings. The average Bonchev–Trinajstić information content (AvgIpc) is 2.85. The maximum Gasteiger partial charge on any atom is 0.228 e. The van der Waals surface area contributed by atoms with Gasteiger partial charge in [-0.3, -0.25) is 4.79 Å². The van der Waals surface area contributed by atoms with Gasteiger partial charge in [0.05, 0.1) is 6.42 Å². The number of hydrogen-bond donors (Lipinski definition) is 2. The van der Waals surface area contributed by atoms with E-state index in [1.165, 1.54) is 0 Å². The van der Waals surface area contributed by atoms with Crippen molar-refractivity contribution in [2.24, 2.45) is 0 Å². The van der Waals surface area contributed by atoms with Crippen molar-refractivity contribution in [3.8, 4) is 0 Å². The van der Waals surface area contributed by atoms with Gasteiger partial charge in [-0.1, -0.05) is 0 Å².